The fraction of sp³-hybridized carbons (Fsp3) is 0.636. The molecule has 0 bridgehead atoms. The molecule has 3 N–H and O–H groups in total. The fourth-order valence-electron chi connectivity index (χ4n) is 1.74. The predicted octanol–water partition coefficient (Wildman–Crippen LogP) is 0.612. The monoisotopic (exact) mass is 241 g/mol. The van der Waals surface area contributed by atoms with Gasteiger partial charge in [-0.25, -0.2) is 0 Å². The van der Waals surface area contributed by atoms with Crippen LogP contribution in [0.25, 0.3) is 0 Å². The Morgan fingerprint density at radius 2 is 2.06 bits per heavy atom. The van der Waals surface area contributed by atoms with Crippen LogP contribution in [0.1, 0.15) is 19.8 Å². The highest BCUT2D eigenvalue weighted by Crippen LogP contribution is 2.14. The number of hydrogen-bond donors (Lipinski definition) is 3. The van der Waals surface area contributed by atoms with E-state index >= 15 is 0 Å². The Morgan fingerprint density at radius 1 is 1.47 bits per heavy atom. The van der Waals surface area contributed by atoms with E-state index in [1.807, 2.05) is 0 Å². The number of ether oxygens (including phenoxy) is 1. The molecule has 0 saturated carbocycles. The average Bonchev–Trinajstić information content (AvgIpc) is 2.82. The lowest BCUT2D eigenvalue weighted by molar-refractivity contribution is -0.117. The van der Waals surface area contributed by atoms with E-state index in [0.29, 0.717) is 0 Å². The van der Waals surface area contributed by atoms with Crippen LogP contribution in [-0.4, -0.2) is 48.5 Å². The third kappa shape index (κ3) is 3.12. The van der Waals surface area contributed by atoms with Crippen molar-refractivity contribution in [3.63, 3.8) is 0 Å². The van der Waals surface area contributed by atoms with Gasteiger partial charge < -0.3 is 20.1 Å². The number of likely N-dealkylation sites (tertiary alicyclic amines) is 1. The molecule has 96 valence electrons. The molecule has 17 heavy (non-hydrogen) atoms. The molecule has 0 aliphatic carbocycles. The second kappa shape index (κ2) is 6.12. The summed E-state index contributed by atoms with van der Waals surface area (Å²) in [6.07, 6.45) is 2.00. The van der Waals surface area contributed by atoms with Crippen molar-refractivity contribution in [1.82, 2.24) is 10.2 Å². The molecule has 0 atom stereocenters. The molecule has 1 amide bonds. The van der Waals surface area contributed by atoms with E-state index < -0.39 is 11.9 Å². The predicted molar refractivity (Wildman–Crippen MR) is 63.9 cm³/mol. The van der Waals surface area contributed by atoms with Gasteiger partial charge >= 0.3 is 0 Å². The third-order valence-corrected chi connectivity index (χ3v) is 2.61. The molecule has 1 aliphatic rings. The molecule has 1 heterocycles. The number of hydrogen-bond acceptors (Lipinski definition) is 4. The molecule has 0 aromatic rings. The molecule has 0 unspecified atom stereocenters. The van der Waals surface area contributed by atoms with Gasteiger partial charge in [-0.3, -0.25) is 10.2 Å². The number of carbonyl (C=O) groups is 1. The minimum atomic E-state index is -0.507. The van der Waals surface area contributed by atoms with Crippen LogP contribution < -0.4 is 5.32 Å². The molecular formula is C11H19N3O3. The number of rotatable bonds is 4. The third-order valence-electron chi connectivity index (χ3n) is 2.61. The van der Waals surface area contributed by atoms with Crippen LogP contribution in [0, 0.1) is 5.41 Å². The fourth-order valence-corrected chi connectivity index (χ4v) is 1.74. The Morgan fingerprint density at radius 3 is 2.53 bits per heavy atom. The van der Waals surface area contributed by atoms with Crippen molar-refractivity contribution in [2.24, 2.45) is 0 Å². The van der Waals surface area contributed by atoms with Gasteiger partial charge in [0.25, 0.3) is 11.9 Å². The highest BCUT2D eigenvalue weighted by Gasteiger charge is 2.26. The van der Waals surface area contributed by atoms with Crippen LogP contribution >= 0.6 is 0 Å². The van der Waals surface area contributed by atoms with Crippen molar-refractivity contribution in [3.05, 3.63) is 11.5 Å². The number of amides is 1. The van der Waals surface area contributed by atoms with E-state index in [0.717, 1.165) is 25.9 Å². The van der Waals surface area contributed by atoms with Gasteiger partial charge in [0.05, 0.1) is 6.61 Å². The van der Waals surface area contributed by atoms with E-state index in [4.69, 9.17) is 10.1 Å². The molecule has 1 aliphatic heterocycles. The number of nitrogens with zero attached hydrogens (tertiary/aromatic N) is 1. The van der Waals surface area contributed by atoms with Crippen molar-refractivity contribution >= 4 is 11.7 Å². The lowest BCUT2D eigenvalue weighted by atomic mass is 10.2. The number of amidine groups is 1. The zero-order valence-corrected chi connectivity index (χ0v) is 10.2. The Balaban J connectivity index is 2.93. The Hall–Kier alpha value is -1.72. The minimum Gasteiger partial charge on any atom is -0.480 e. The Kier molecular flexibility index (Phi) is 4.81. The molecule has 1 saturated heterocycles. The van der Waals surface area contributed by atoms with Crippen molar-refractivity contribution in [2.45, 2.75) is 19.8 Å². The smallest absolute Gasteiger partial charge is 0.293 e. The van der Waals surface area contributed by atoms with E-state index in [-0.39, 0.29) is 18.0 Å². The first kappa shape index (κ1) is 13.3. The molecule has 6 heteroatoms. The summed E-state index contributed by atoms with van der Waals surface area (Å²) >= 11 is 0. The van der Waals surface area contributed by atoms with Gasteiger partial charge in [0.1, 0.15) is 5.84 Å². The number of nitrogens with one attached hydrogen (secondary N) is 2. The Bertz CT molecular complexity index is 333. The number of aliphatic hydroxyl groups excluding tert-OH is 1. The minimum absolute atomic E-state index is 0.0211. The molecule has 0 spiro atoms. The van der Waals surface area contributed by atoms with Crippen molar-refractivity contribution in [1.29, 1.82) is 5.41 Å². The Labute approximate surface area is 101 Å². The van der Waals surface area contributed by atoms with Crippen molar-refractivity contribution in [3.8, 4) is 0 Å². The molecule has 1 fully saturated rings. The number of carbonyl (C=O) groups excluding carboxylic acids is 1. The van der Waals surface area contributed by atoms with Crippen LogP contribution in [0.5, 0.6) is 0 Å². The van der Waals surface area contributed by atoms with Crippen LogP contribution in [0.3, 0.4) is 0 Å². The second-order valence-electron chi connectivity index (χ2n) is 3.74. The van der Waals surface area contributed by atoms with Crippen molar-refractivity contribution < 1.29 is 14.6 Å². The quantitative estimate of drug-likeness (QED) is 0.291. The molecule has 1 rings (SSSR count). The number of likely N-dealkylation sites (N-methyl/N-ethyl adjacent to an activating group) is 1. The maximum atomic E-state index is 11.6. The highest BCUT2D eigenvalue weighted by atomic mass is 16.6. The van der Waals surface area contributed by atoms with E-state index in [2.05, 4.69) is 5.32 Å². The lowest BCUT2D eigenvalue weighted by Gasteiger charge is -2.20. The average molecular weight is 241 g/mol. The van der Waals surface area contributed by atoms with Gasteiger partial charge in [0.15, 0.2) is 5.57 Å². The zero-order valence-electron chi connectivity index (χ0n) is 10.2. The zero-order chi connectivity index (χ0) is 12.8. The maximum Gasteiger partial charge on any atom is 0.293 e. The van der Waals surface area contributed by atoms with Crippen LogP contribution in [0.15, 0.2) is 11.5 Å². The van der Waals surface area contributed by atoms with Crippen LogP contribution in [0.2, 0.25) is 0 Å². The van der Waals surface area contributed by atoms with Crippen molar-refractivity contribution in [2.75, 3.05) is 26.7 Å². The SMILES string of the molecule is CCO/C(O)=C(\C(=N)N1CCCC1)C(=O)NC. The van der Waals surface area contributed by atoms with Crippen LogP contribution in [-0.2, 0) is 9.53 Å². The first-order valence-electron chi connectivity index (χ1n) is 5.73. The largest absolute Gasteiger partial charge is 0.480 e. The van der Waals surface area contributed by atoms with Gasteiger partial charge in [-0.2, -0.15) is 0 Å². The first-order valence-corrected chi connectivity index (χ1v) is 5.73. The normalized spacial score (nSPS) is 16.5. The lowest BCUT2D eigenvalue weighted by Crippen LogP contribution is -2.36. The number of aliphatic hydroxyl groups is 1. The topological polar surface area (TPSA) is 85.7 Å². The first-order chi connectivity index (χ1) is 8.11. The standard InChI is InChI=1S/C11H19N3O3/c1-3-17-11(16)8(10(15)13-2)9(12)14-6-4-5-7-14/h12,16H,3-7H2,1-2H3,(H,13,15)/b11-8+,12-9?. The van der Waals surface area contributed by atoms with E-state index in [9.17, 15) is 9.90 Å². The molecule has 0 aromatic heterocycles. The van der Waals surface area contributed by atoms with Gasteiger partial charge in [-0.15, -0.1) is 0 Å². The van der Waals surface area contributed by atoms with Gasteiger partial charge in [-0.1, -0.05) is 0 Å². The summed E-state index contributed by atoms with van der Waals surface area (Å²) < 4.78 is 4.91. The summed E-state index contributed by atoms with van der Waals surface area (Å²) in [6, 6.07) is 0. The molecule has 6 nitrogen and oxygen atoms in total. The highest BCUT2D eigenvalue weighted by molar-refractivity contribution is 6.19. The maximum absolute atomic E-state index is 11.6. The summed E-state index contributed by atoms with van der Waals surface area (Å²) in [5.74, 6) is -0.968. The molecule has 0 aromatic carbocycles. The molecule has 0 radical (unpaired) electrons. The summed E-state index contributed by atoms with van der Waals surface area (Å²) in [5.41, 5.74) is -0.101. The summed E-state index contributed by atoms with van der Waals surface area (Å²) in [4.78, 5) is 13.4. The van der Waals surface area contributed by atoms with E-state index in [1.54, 1.807) is 11.8 Å². The van der Waals surface area contributed by atoms with E-state index in [1.165, 1.54) is 7.05 Å². The molecular weight excluding hydrogens is 222 g/mol. The second-order valence-corrected chi connectivity index (χ2v) is 3.74. The van der Waals surface area contributed by atoms with Gasteiger partial charge in [-0.05, 0) is 19.8 Å². The summed E-state index contributed by atoms with van der Waals surface area (Å²) in [6.45, 7) is 3.42. The summed E-state index contributed by atoms with van der Waals surface area (Å²) in [7, 11) is 1.46. The summed E-state index contributed by atoms with van der Waals surface area (Å²) in [5, 5.41) is 20.0. The van der Waals surface area contributed by atoms with Gasteiger partial charge in [0.2, 0.25) is 0 Å². The van der Waals surface area contributed by atoms with Crippen LogP contribution in [0.4, 0.5) is 0 Å². The van der Waals surface area contributed by atoms with Gasteiger partial charge in [0, 0.05) is 20.1 Å².